The first kappa shape index (κ1) is 21.1. The molecule has 0 unspecified atom stereocenters. The summed E-state index contributed by atoms with van der Waals surface area (Å²) in [7, 11) is 1.59. The number of methoxy groups -OCH3 is 1. The summed E-state index contributed by atoms with van der Waals surface area (Å²) in [6.07, 6.45) is 0. The lowest BCUT2D eigenvalue weighted by atomic mass is 10.1. The Bertz CT molecular complexity index is 1330. The van der Waals surface area contributed by atoms with Crippen molar-refractivity contribution in [2.24, 2.45) is 0 Å². The summed E-state index contributed by atoms with van der Waals surface area (Å²) < 4.78 is 6.57. The van der Waals surface area contributed by atoms with Crippen molar-refractivity contribution < 1.29 is 9.53 Å². The molecule has 0 fully saturated rings. The molecule has 4 aromatic rings. The van der Waals surface area contributed by atoms with Gasteiger partial charge in [0.25, 0.3) is 5.56 Å². The maximum atomic E-state index is 13.6. The maximum absolute atomic E-state index is 13.6. The number of carbonyl (C=O) groups is 1. The van der Waals surface area contributed by atoms with E-state index in [4.69, 9.17) is 9.72 Å². The van der Waals surface area contributed by atoms with Gasteiger partial charge in [0.2, 0.25) is 5.91 Å². The number of nitrogens with one attached hydrogen (secondary N) is 2. The smallest absolute Gasteiger partial charge is 0.283 e. The van der Waals surface area contributed by atoms with Gasteiger partial charge in [-0.05, 0) is 37.1 Å². The fourth-order valence-electron chi connectivity index (χ4n) is 3.49. The molecule has 160 valence electrons. The lowest BCUT2D eigenvalue weighted by molar-refractivity contribution is -0.118. The van der Waals surface area contributed by atoms with Crippen LogP contribution in [0.1, 0.15) is 11.1 Å². The number of aromatic nitrogens is 3. The third-order valence-corrected chi connectivity index (χ3v) is 6.00. The standard InChI is InChI=1S/C23H24N4O3S/c1-14-8-9-15(2)18(12-14)27-22(29)21-20(16-6-4-5-7-17(16)25-21)26-23(27)31-13-19(28)24-10-11-30-3/h4-9,12,25H,10-11,13H2,1-3H3,(H,24,28). The average molecular weight is 437 g/mol. The number of amides is 1. The van der Waals surface area contributed by atoms with E-state index in [1.807, 2.05) is 56.3 Å². The summed E-state index contributed by atoms with van der Waals surface area (Å²) in [6, 6.07) is 13.7. The highest BCUT2D eigenvalue weighted by Crippen LogP contribution is 2.27. The van der Waals surface area contributed by atoms with Gasteiger partial charge in [0.05, 0.1) is 18.0 Å². The van der Waals surface area contributed by atoms with E-state index in [1.54, 1.807) is 11.7 Å². The van der Waals surface area contributed by atoms with Crippen LogP contribution in [0.4, 0.5) is 0 Å². The van der Waals surface area contributed by atoms with Crippen molar-refractivity contribution in [3.05, 3.63) is 63.9 Å². The number of nitrogens with zero attached hydrogens (tertiary/aromatic N) is 2. The van der Waals surface area contributed by atoms with E-state index >= 15 is 0 Å². The molecule has 0 radical (unpaired) electrons. The third-order valence-electron chi connectivity index (χ3n) is 5.06. The minimum Gasteiger partial charge on any atom is -0.383 e. The third kappa shape index (κ3) is 4.22. The molecule has 0 aliphatic heterocycles. The Morgan fingerprint density at radius 2 is 2.03 bits per heavy atom. The lowest BCUT2D eigenvalue weighted by Gasteiger charge is -2.15. The van der Waals surface area contributed by atoms with E-state index in [1.165, 1.54) is 11.8 Å². The molecule has 0 aliphatic carbocycles. The summed E-state index contributed by atoms with van der Waals surface area (Å²) in [6.45, 7) is 4.83. The largest absolute Gasteiger partial charge is 0.383 e. The number of H-pyrrole nitrogens is 1. The minimum absolute atomic E-state index is 0.136. The highest BCUT2D eigenvalue weighted by Gasteiger charge is 2.19. The molecule has 7 nitrogen and oxygen atoms in total. The Balaban J connectivity index is 1.85. The summed E-state index contributed by atoms with van der Waals surface area (Å²) in [4.78, 5) is 33.9. The summed E-state index contributed by atoms with van der Waals surface area (Å²) in [5.41, 5.74) is 4.50. The van der Waals surface area contributed by atoms with Gasteiger partial charge in [-0.1, -0.05) is 42.1 Å². The van der Waals surface area contributed by atoms with Crippen LogP contribution in [0.25, 0.3) is 27.6 Å². The quantitative estimate of drug-likeness (QED) is 0.264. The van der Waals surface area contributed by atoms with E-state index in [2.05, 4.69) is 10.3 Å². The van der Waals surface area contributed by atoms with Crippen LogP contribution >= 0.6 is 11.8 Å². The van der Waals surface area contributed by atoms with E-state index in [0.29, 0.717) is 29.3 Å². The van der Waals surface area contributed by atoms with Gasteiger partial charge in [0.15, 0.2) is 5.16 Å². The molecule has 2 aromatic carbocycles. The van der Waals surface area contributed by atoms with Gasteiger partial charge in [-0.2, -0.15) is 0 Å². The second-order valence-corrected chi connectivity index (χ2v) is 8.29. The van der Waals surface area contributed by atoms with Crippen molar-refractivity contribution in [2.45, 2.75) is 19.0 Å². The number of aryl methyl sites for hydroxylation is 2. The Labute approximate surface area is 183 Å². The normalized spacial score (nSPS) is 11.3. The second-order valence-electron chi connectivity index (χ2n) is 7.35. The van der Waals surface area contributed by atoms with Gasteiger partial charge in [-0.25, -0.2) is 4.98 Å². The number of aromatic amines is 1. The van der Waals surface area contributed by atoms with Gasteiger partial charge in [-0.3, -0.25) is 14.2 Å². The van der Waals surface area contributed by atoms with Gasteiger partial charge < -0.3 is 15.0 Å². The first-order chi connectivity index (χ1) is 15.0. The van der Waals surface area contributed by atoms with Crippen LogP contribution < -0.4 is 10.9 Å². The van der Waals surface area contributed by atoms with Crippen LogP contribution in [0.3, 0.4) is 0 Å². The van der Waals surface area contributed by atoms with Crippen LogP contribution in [0, 0.1) is 13.8 Å². The molecule has 0 bridgehead atoms. The molecular weight excluding hydrogens is 412 g/mol. The summed E-state index contributed by atoms with van der Waals surface area (Å²) in [5, 5.41) is 4.17. The van der Waals surface area contributed by atoms with Gasteiger partial charge >= 0.3 is 0 Å². The molecule has 0 saturated heterocycles. The lowest BCUT2D eigenvalue weighted by Crippen LogP contribution is -2.29. The van der Waals surface area contributed by atoms with Crippen molar-refractivity contribution in [1.82, 2.24) is 19.9 Å². The number of hydrogen-bond donors (Lipinski definition) is 2. The monoisotopic (exact) mass is 436 g/mol. The topological polar surface area (TPSA) is 89.0 Å². The van der Waals surface area contributed by atoms with Gasteiger partial charge in [0, 0.05) is 24.6 Å². The first-order valence-corrected chi connectivity index (χ1v) is 11.0. The molecule has 1 amide bonds. The van der Waals surface area contributed by atoms with Gasteiger partial charge in [0.1, 0.15) is 11.0 Å². The van der Waals surface area contributed by atoms with Crippen molar-refractivity contribution in [1.29, 1.82) is 0 Å². The zero-order chi connectivity index (χ0) is 22.0. The van der Waals surface area contributed by atoms with E-state index in [0.717, 1.165) is 27.7 Å². The fourth-order valence-corrected chi connectivity index (χ4v) is 4.31. The molecule has 8 heteroatoms. The molecule has 2 aromatic heterocycles. The van der Waals surface area contributed by atoms with Crippen LogP contribution in [0.2, 0.25) is 0 Å². The molecule has 2 heterocycles. The molecule has 0 aliphatic rings. The predicted molar refractivity (Wildman–Crippen MR) is 124 cm³/mol. The first-order valence-electron chi connectivity index (χ1n) is 9.99. The number of hydrogen-bond acceptors (Lipinski definition) is 5. The molecule has 0 atom stereocenters. The number of rotatable bonds is 7. The number of benzene rings is 2. The zero-order valence-corrected chi connectivity index (χ0v) is 18.5. The number of fused-ring (bicyclic) bond motifs is 3. The highest BCUT2D eigenvalue weighted by atomic mass is 32.2. The number of thioether (sulfide) groups is 1. The van der Waals surface area contributed by atoms with E-state index in [-0.39, 0.29) is 17.2 Å². The average Bonchev–Trinajstić information content (AvgIpc) is 3.14. The molecule has 0 spiro atoms. The number of ether oxygens (including phenoxy) is 1. The summed E-state index contributed by atoms with van der Waals surface area (Å²) >= 11 is 1.25. The Hall–Kier alpha value is -3.10. The van der Waals surface area contributed by atoms with Crippen molar-refractivity contribution in [2.75, 3.05) is 26.0 Å². The number of para-hydroxylation sites is 1. The SMILES string of the molecule is COCCNC(=O)CSc1nc2c([nH]c3ccccc32)c(=O)n1-c1cc(C)ccc1C. The van der Waals surface area contributed by atoms with E-state index in [9.17, 15) is 9.59 Å². The van der Waals surface area contributed by atoms with Crippen LogP contribution in [-0.4, -0.2) is 46.5 Å². The summed E-state index contributed by atoms with van der Waals surface area (Å²) in [5.74, 6) is 0.0114. The predicted octanol–water partition coefficient (Wildman–Crippen LogP) is 3.34. The van der Waals surface area contributed by atoms with Crippen LogP contribution in [0.5, 0.6) is 0 Å². The zero-order valence-electron chi connectivity index (χ0n) is 17.7. The number of carbonyl (C=O) groups excluding carboxylic acids is 1. The Morgan fingerprint density at radius 3 is 2.84 bits per heavy atom. The van der Waals surface area contributed by atoms with Crippen LogP contribution in [-0.2, 0) is 9.53 Å². The minimum atomic E-state index is -0.183. The molecule has 4 rings (SSSR count). The Morgan fingerprint density at radius 1 is 1.23 bits per heavy atom. The molecular formula is C23H24N4O3S. The molecule has 2 N–H and O–H groups in total. The van der Waals surface area contributed by atoms with Crippen molar-refractivity contribution >= 4 is 39.6 Å². The van der Waals surface area contributed by atoms with Gasteiger partial charge in [-0.15, -0.1) is 0 Å². The second kappa shape index (κ2) is 8.95. The van der Waals surface area contributed by atoms with Crippen molar-refractivity contribution in [3.63, 3.8) is 0 Å². The Kier molecular flexibility index (Phi) is 6.11. The van der Waals surface area contributed by atoms with Crippen LogP contribution in [0.15, 0.2) is 52.4 Å². The maximum Gasteiger partial charge on any atom is 0.283 e. The molecule has 0 saturated carbocycles. The fraction of sp³-hybridized carbons (Fsp3) is 0.261. The van der Waals surface area contributed by atoms with E-state index < -0.39 is 0 Å². The highest BCUT2D eigenvalue weighted by molar-refractivity contribution is 7.99. The van der Waals surface area contributed by atoms with Crippen molar-refractivity contribution in [3.8, 4) is 5.69 Å². The molecule has 31 heavy (non-hydrogen) atoms.